The van der Waals surface area contributed by atoms with Crippen LogP contribution < -0.4 is 5.73 Å². The highest BCUT2D eigenvalue weighted by Gasteiger charge is 2.03. The van der Waals surface area contributed by atoms with Crippen LogP contribution in [0.5, 0.6) is 0 Å². The Morgan fingerprint density at radius 1 is 1.27 bits per heavy atom. The number of unbranched alkanes of at least 4 members (excludes halogenated alkanes) is 4. The molecule has 0 amide bonds. The minimum atomic E-state index is 0.593. The molecule has 0 saturated heterocycles. The second-order valence-electron chi connectivity index (χ2n) is 4.07. The van der Waals surface area contributed by atoms with E-state index in [0.717, 1.165) is 18.1 Å². The van der Waals surface area contributed by atoms with Crippen LogP contribution in [0.2, 0.25) is 0 Å². The summed E-state index contributed by atoms with van der Waals surface area (Å²) in [4.78, 5) is 4.29. The van der Waals surface area contributed by atoms with E-state index in [0.29, 0.717) is 6.54 Å². The van der Waals surface area contributed by atoms with Crippen molar-refractivity contribution in [3.63, 3.8) is 0 Å². The first-order valence-electron chi connectivity index (χ1n) is 6.00. The van der Waals surface area contributed by atoms with Gasteiger partial charge in [-0.2, -0.15) is 0 Å². The number of aromatic nitrogens is 2. The number of imidazole rings is 1. The van der Waals surface area contributed by atoms with Crippen molar-refractivity contribution in [1.82, 2.24) is 9.55 Å². The van der Waals surface area contributed by atoms with Crippen LogP contribution in [0.25, 0.3) is 0 Å². The van der Waals surface area contributed by atoms with Crippen molar-refractivity contribution >= 4 is 0 Å². The van der Waals surface area contributed by atoms with Crippen LogP contribution in [-0.2, 0) is 13.1 Å². The van der Waals surface area contributed by atoms with Crippen LogP contribution >= 0.6 is 0 Å². The first-order valence-corrected chi connectivity index (χ1v) is 6.00. The number of hydrogen-bond donors (Lipinski definition) is 1. The molecule has 3 nitrogen and oxygen atoms in total. The van der Waals surface area contributed by atoms with Crippen LogP contribution in [0.15, 0.2) is 6.20 Å². The average molecular weight is 209 g/mol. The summed E-state index contributed by atoms with van der Waals surface area (Å²) in [5.41, 5.74) is 6.81. The van der Waals surface area contributed by atoms with Gasteiger partial charge in [0.15, 0.2) is 0 Å². The van der Waals surface area contributed by atoms with Gasteiger partial charge >= 0.3 is 0 Å². The Morgan fingerprint density at radius 3 is 2.67 bits per heavy atom. The Bertz CT molecular complexity index is 278. The lowest BCUT2D eigenvalue weighted by Gasteiger charge is -2.08. The second-order valence-corrected chi connectivity index (χ2v) is 4.07. The lowest BCUT2D eigenvalue weighted by molar-refractivity contribution is 0.548. The molecule has 0 aliphatic heterocycles. The maximum absolute atomic E-state index is 5.66. The monoisotopic (exact) mass is 209 g/mol. The van der Waals surface area contributed by atoms with Gasteiger partial charge in [-0.3, -0.25) is 0 Å². The highest BCUT2D eigenvalue weighted by atomic mass is 15.1. The Labute approximate surface area is 92.7 Å². The summed E-state index contributed by atoms with van der Waals surface area (Å²) in [6.07, 6.45) is 8.45. The molecular formula is C12H23N3. The van der Waals surface area contributed by atoms with E-state index in [1.165, 1.54) is 32.1 Å². The van der Waals surface area contributed by atoms with E-state index < -0.39 is 0 Å². The predicted octanol–water partition coefficient (Wildman–Crippen LogP) is 2.62. The number of rotatable bonds is 7. The van der Waals surface area contributed by atoms with Gasteiger partial charge < -0.3 is 10.3 Å². The van der Waals surface area contributed by atoms with Gasteiger partial charge in [-0.1, -0.05) is 32.6 Å². The summed E-state index contributed by atoms with van der Waals surface area (Å²) in [6, 6.07) is 0. The Balaban J connectivity index is 2.33. The molecule has 2 N–H and O–H groups in total. The first kappa shape index (κ1) is 12.2. The fourth-order valence-electron chi connectivity index (χ4n) is 1.86. The Hall–Kier alpha value is -0.830. The second kappa shape index (κ2) is 6.62. The normalized spacial score (nSPS) is 10.9. The van der Waals surface area contributed by atoms with Crippen LogP contribution in [0, 0.1) is 6.92 Å². The molecule has 0 radical (unpaired) electrons. The third-order valence-electron chi connectivity index (χ3n) is 2.83. The van der Waals surface area contributed by atoms with Crippen molar-refractivity contribution in [3.05, 3.63) is 17.7 Å². The van der Waals surface area contributed by atoms with Gasteiger partial charge in [0.2, 0.25) is 0 Å². The van der Waals surface area contributed by atoms with Crippen molar-refractivity contribution < 1.29 is 0 Å². The fraction of sp³-hybridized carbons (Fsp3) is 0.750. The molecule has 0 fully saturated rings. The van der Waals surface area contributed by atoms with E-state index in [4.69, 9.17) is 5.73 Å². The van der Waals surface area contributed by atoms with E-state index >= 15 is 0 Å². The number of nitrogens with zero attached hydrogens (tertiary/aromatic N) is 2. The lowest BCUT2D eigenvalue weighted by Crippen LogP contribution is -2.09. The molecule has 1 aromatic rings. The zero-order valence-corrected chi connectivity index (χ0v) is 10.00. The number of nitrogens with two attached hydrogens (primary N) is 1. The third-order valence-corrected chi connectivity index (χ3v) is 2.83. The Morgan fingerprint density at radius 2 is 2.00 bits per heavy atom. The summed E-state index contributed by atoms with van der Waals surface area (Å²) in [7, 11) is 0. The van der Waals surface area contributed by atoms with Gasteiger partial charge in [0, 0.05) is 19.3 Å². The summed E-state index contributed by atoms with van der Waals surface area (Å²) in [5, 5.41) is 0. The summed E-state index contributed by atoms with van der Waals surface area (Å²) < 4.78 is 2.24. The molecule has 0 aliphatic rings. The SMILES string of the molecule is CCCCCCCn1c(CN)cnc1C. The molecule has 1 heterocycles. The van der Waals surface area contributed by atoms with Gasteiger partial charge in [0.05, 0.1) is 5.69 Å². The molecule has 0 aliphatic carbocycles. The summed E-state index contributed by atoms with van der Waals surface area (Å²) in [6.45, 7) is 5.95. The molecule has 0 spiro atoms. The number of aryl methyl sites for hydroxylation is 1. The van der Waals surface area contributed by atoms with Crippen molar-refractivity contribution in [2.24, 2.45) is 5.73 Å². The highest BCUT2D eigenvalue weighted by Crippen LogP contribution is 2.08. The molecule has 0 unspecified atom stereocenters. The van der Waals surface area contributed by atoms with E-state index in [2.05, 4.69) is 16.5 Å². The van der Waals surface area contributed by atoms with Crippen LogP contribution in [-0.4, -0.2) is 9.55 Å². The zero-order valence-electron chi connectivity index (χ0n) is 10.00. The predicted molar refractivity (Wildman–Crippen MR) is 63.6 cm³/mol. The molecule has 0 saturated carbocycles. The Kier molecular flexibility index (Phi) is 5.40. The van der Waals surface area contributed by atoms with Gasteiger partial charge in [-0.05, 0) is 13.3 Å². The smallest absolute Gasteiger partial charge is 0.105 e. The van der Waals surface area contributed by atoms with E-state index in [-0.39, 0.29) is 0 Å². The molecule has 15 heavy (non-hydrogen) atoms. The topological polar surface area (TPSA) is 43.8 Å². The van der Waals surface area contributed by atoms with Crippen molar-refractivity contribution in [2.45, 2.75) is 59.0 Å². The average Bonchev–Trinajstić information content (AvgIpc) is 2.60. The van der Waals surface area contributed by atoms with Gasteiger partial charge in [0.1, 0.15) is 5.82 Å². The number of hydrogen-bond acceptors (Lipinski definition) is 2. The molecule has 1 aromatic heterocycles. The maximum Gasteiger partial charge on any atom is 0.105 e. The van der Waals surface area contributed by atoms with Crippen LogP contribution in [0.1, 0.15) is 50.5 Å². The van der Waals surface area contributed by atoms with Crippen LogP contribution in [0.4, 0.5) is 0 Å². The van der Waals surface area contributed by atoms with Crippen molar-refractivity contribution in [1.29, 1.82) is 0 Å². The highest BCUT2D eigenvalue weighted by molar-refractivity contribution is 5.03. The maximum atomic E-state index is 5.66. The molecule has 1 rings (SSSR count). The molecule has 0 atom stereocenters. The standard InChI is InChI=1S/C12H23N3/c1-3-4-5-6-7-8-15-11(2)14-10-12(15)9-13/h10H,3-9,13H2,1-2H3. The molecule has 86 valence electrons. The van der Waals surface area contributed by atoms with Crippen LogP contribution in [0.3, 0.4) is 0 Å². The van der Waals surface area contributed by atoms with Gasteiger partial charge in [-0.25, -0.2) is 4.98 Å². The van der Waals surface area contributed by atoms with Gasteiger partial charge in [-0.15, -0.1) is 0 Å². The summed E-state index contributed by atoms with van der Waals surface area (Å²) in [5.74, 6) is 1.09. The third kappa shape index (κ3) is 3.67. The lowest BCUT2D eigenvalue weighted by atomic mass is 10.1. The fourth-order valence-corrected chi connectivity index (χ4v) is 1.86. The minimum Gasteiger partial charge on any atom is -0.331 e. The van der Waals surface area contributed by atoms with Gasteiger partial charge in [0.25, 0.3) is 0 Å². The van der Waals surface area contributed by atoms with Crippen molar-refractivity contribution in [3.8, 4) is 0 Å². The largest absolute Gasteiger partial charge is 0.331 e. The molecule has 3 heteroatoms. The quantitative estimate of drug-likeness (QED) is 0.701. The molecule has 0 bridgehead atoms. The molecular weight excluding hydrogens is 186 g/mol. The van der Waals surface area contributed by atoms with E-state index in [1.807, 2.05) is 13.1 Å². The molecule has 0 aromatic carbocycles. The minimum absolute atomic E-state index is 0.593. The summed E-state index contributed by atoms with van der Waals surface area (Å²) >= 11 is 0. The zero-order chi connectivity index (χ0) is 11.1. The van der Waals surface area contributed by atoms with E-state index in [1.54, 1.807) is 0 Å². The van der Waals surface area contributed by atoms with Crippen molar-refractivity contribution in [2.75, 3.05) is 0 Å². The first-order chi connectivity index (χ1) is 7.29. The van der Waals surface area contributed by atoms with E-state index in [9.17, 15) is 0 Å².